The Kier molecular flexibility index (Phi) is 5.05. The minimum absolute atomic E-state index is 0.00199. The molecule has 0 aliphatic rings. The molecule has 0 aromatic heterocycles. The van der Waals surface area contributed by atoms with E-state index in [1.165, 1.54) is 13.0 Å². The number of hydrogen-bond donors (Lipinski definition) is 1. The highest BCUT2D eigenvalue weighted by Crippen LogP contribution is 2.32. The number of hydrogen-bond acceptors (Lipinski definition) is 5. The van der Waals surface area contributed by atoms with Crippen molar-refractivity contribution in [3.63, 3.8) is 0 Å². The van der Waals surface area contributed by atoms with Crippen molar-refractivity contribution in [1.82, 2.24) is 0 Å². The van der Waals surface area contributed by atoms with Gasteiger partial charge in [-0.05, 0) is 17.7 Å². The molecule has 0 bridgehead atoms. The topological polar surface area (TPSA) is 89.9 Å². The first-order valence-corrected chi connectivity index (χ1v) is 6.30. The second kappa shape index (κ2) is 6.33. The van der Waals surface area contributed by atoms with Crippen LogP contribution in [-0.2, 0) is 14.9 Å². The smallest absolute Gasteiger partial charge is 0.336 e. The molecule has 0 radical (unpaired) electrons. The zero-order valence-electron chi connectivity index (χ0n) is 10.2. The number of carbonyl (C=O) groups is 3. The number of halogens is 1. The zero-order chi connectivity index (χ0) is 14.6. The Balaban J connectivity index is 3.37. The van der Waals surface area contributed by atoms with E-state index in [9.17, 15) is 14.4 Å². The van der Waals surface area contributed by atoms with E-state index in [0.717, 1.165) is 13.0 Å². The summed E-state index contributed by atoms with van der Waals surface area (Å²) >= 11 is 3.14. The molecule has 0 unspecified atom stereocenters. The maximum absolute atomic E-state index is 11.1. The van der Waals surface area contributed by atoms with E-state index in [1.807, 2.05) is 0 Å². The summed E-state index contributed by atoms with van der Waals surface area (Å²) in [5.74, 6) is -2.52. The van der Waals surface area contributed by atoms with Crippen LogP contribution in [0, 0.1) is 0 Å². The van der Waals surface area contributed by atoms with Gasteiger partial charge >= 0.3 is 17.9 Å². The third-order valence-corrected chi connectivity index (χ3v) is 2.66. The highest BCUT2D eigenvalue weighted by Gasteiger charge is 2.18. The molecule has 1 N–H and O–H groups in total. The van der Waals surface area contributed by atoms with Crippen molar-refractivity contribution >= 4 is 33.8 Å². The van der Waals surface area contributed by atoms with Crippen molar-refractivity contribution in [3.8, 4) is 11.5 Å². The van der Waals surface area contributed by atoms with Gasteiger partial charge < -0.3 is 14.6 Å². The van der Waals surface area contributed by atoms with Gasteiger partial charge in [0.25, 0.3) is 0 Å². The molecule has 0 fully saturated rings. The third-order valence-electron chi connectivity index (χ3n) is 2.05. The van der Waals surface area contributed by atoms with Crippen molar-refractivity contribution in [3.05, 3.63) is 23.3 Å². The van der Waals surface area contributed by atoms with Gasteiger partial charge in [-0.3, -0.25) is 9.59 Å². The molecule has 0 heterocycles. The Bertz CT molecular complexity index is 537. The van der Waals surface area contributed by atoms with Gasteiger partial charge in [0, 0.05) is 19.2 Å². The van der Waals surface area contributed by atoms with Crippen LogP contribution in [-0.4, -0.2) is 23.0 Å². The lowest BCUT2D eigenvalue weighted by molar-refractivity contribution is -0.134. The fourth-order valence-corrected chi connectivity index (χ4v) is 1.84. The molecule has 0 amide bonds. The van der Waals surface area contributed by atoms with E-state index in [1.54, 1.807) is 0 Å². The van der Waals surface area contributed by atoms with E-state index in [4.69, 9.17) is 14.6 Å². The van der Waals surface area contributed by atoms with Crippen molar-refractivity contribution in [2.45, 2.75) is 19.2 Å². The second-order valence-corrected chi connectivity index (χ2v) is 4.14. The van der Waals surface area contributed by atoms with E-state index in [2.05, 4.69) is 15.9 Å². The third kappa shape index (κ3) is 4.06. The van der Waals surface area contributed by atoms with Crippen LogP contribution in [0.4, 0.5) is 0 Å². The quantitative estimate of drug-likeness (QED) is 0.516. The molecule has 0 atom stereocenters. The summed E-state index contributed by atoms with van der Waals surface area (Å²) in [7, 11) is 0. The number of esters is 2. The molecule has 102 valence electrons. The first-order chi connectivity index (χ1) is 8.85. The predicted molar refractivity (Wildman–Crippen MR) is 68.7 cm³/mol. The fraction of sp³-hybridized carbons (Fsp3) is 0.250. The van der Waals surface area contributed by atoms with Gasteiger partial charge in [0.05, 0.1) is 5.56 Å². The standard InChI is InChI=1S/C12H11BrO6/c1-6(14)18-10-3-8(5-13)9(12(16)17)4-11(10)19-7(2)15/h3-4H,5H2,1-2H3,(H,16,17). The van der Waals surface area contributed by atoms with Gasteiger partial charge in [-0.25, -0.2) is 4.79 Å². The summed E-state index contributed by atoms with van der Waals surface area (Å²) in [5, 5.41) is 9.31. The van der Waals surface area contributed by atoms with Crippen LogP contribution >= 0.6 is 15.9 Å². The Labute approximate surface area is 117 Å². The Morgan fingerprint density at radius 3 is 1.95 bits per heavy atom. The number of carbonyl (C=O) groups excluding carboxylic acids is 2. The average Bonchev–Trinajstić information content (AvgIpc) is 2.29. The number of benzene rings is 1. The van der Waals surface area contributed by atoms with Crippen LogP contribution in [0.15, 0.2) is 12.1 Å². The molecule has 0 saturated heterocycles. The van der Waals surface area contributed by atoms with E-state index < -0.39 is 17.9 Å². The van der Waals surface area contributed by atoms with Crippen LogP contribution in [0.5, 0.6) is 11.5 Å². The summed E-state index contributed by atoms with van der Waals surface area (Å²) in [6.07, 6.45) is 0. The fourth-order valence-electron chi connectivity index (χ4n) is 1.38. The SMILES string of the molecule is CC(=O)Oc1cc(CBr)c(C(=O)O)cc1OC(C)=O. The number of alkyl halides is 1. The first-order valence-electron chi connectivity index (χ1n) is 5.18. The number of carboxylic acids is 1. The predicted octanol–water partition coefficient (Wildman–Crippen LogP) is 2.13. The van der Waals surface area contributed by atoms with E-state index in [-0.39, 0.29) is 22.4 Å². The first kappa shape index (κ1) is 15.2. The van der Waals surface area contributed by atoms with Gasteiger partial charge in [0.15, 0.2) is 11.5 Å². The minimum Gasteiger partial charge on any atom is -0.478 e. The molecule has 19 heavy (non-hydrogen) atoms. The highest BCUT2D eigenvalue weighted by molar-refractivity contribution is 9.08. The molecule has 1 aromatic carbocycles. The average molecular weight is 331 g/mol. The maximum Gasteiger partial charge on any atom is 0.336 e. The molecule has 0 spiro atoms. The van der Waals surface area contributed by atoms with Gasteiger partial charge in [-0.1, -0.05) is 15.9 Å². The summed E-state index contributed by atoms with van der Waals surface area (Å²) in [4.78, 5) is 33.0. The number of aromatic carboxylic acids is 1. The van der Waals surface area contributed by atoms with Gasteiger partial charge in [-0.15, -0.1) is 0 Å². The van der Waals surface area contributed by atoms with E-state index >= 15 is 0 Å². The monoisotopic (exact) mass is 330 g/mol. The summed E-state index contributed by atoms with van der Waals surface area (Å²) in [6.45, 7) is 2.35. The van der Waals surface area contributed by atoms with Crippen LogP contribution in [0.1, 0.15) is 29.8 Å². The lowest BCUT2D eigenvalue weighted by Gasteiger charge is -2.12. The summed E-state index contributed by atoms with van der Waals surface area (Å²) in [5.41, 5.74) is 0.365. The van der Waals surface area contributed by atoms with Crippen molar-refractivity contribution in [2.24, 2.45) is 0 Å². The molecule has 0 aliphatic heterocycles. The van der Waals surface area contributed by atoms with Gasteiger partial charge in [0.1, 0.15) is 0 Å². The number of carboxylic acid groups (broad SMARTS) is 1. The van der Waals surface area contributed by atoms with Crippen molar-refractivity contribution in [2.75, 3.05) is 0 Å². The Hall–Kier alpha value is -1.89. The van der Waals surface area contributed by atoms with E-state index in [0.29, 0.717) is 5.56 Å². The molecule has 1 aromatic rings. The van der Waals surface area contributed by atoms with Crippen LogP contribution < -0.4 is 9.47 Å². The molecule has 6 nitrogen and oxygen atoms in total. The zero-order valence-corrected chi connectivity index (χ0v) is 11.8. The van der Waals surface area contributed by atoms with Crippen molar-refractivity contribution < 1.29 is 29.0 Å². The lowest BCUT2D eigenvalue weighted by atomic mass is 10.1. The van der Waals surface area contributed by atoms with Crippen LogP contribution in [0.3, 0.4) is 0 Å². The molecule has 0 saturated carbocycles. The minimum atomic E-state index is -1.17. The molecule has 0 aliphatic carbocycles. The molecule has 7 heteroatoms. The Morgan fingerprint density at radius 2 is 1.58 bits per heavy atom. The lowest BCUT2D eigenvalue weighted by Crippen LogP contribution is -2.10. The summed E-state index contributed by atoms with van der Waals surface area (Å²) < 4.78 is 9.74. The maximum atomic E-state index is 11.1. The molecular formula is C12H11BrO6. The van der Waals surface area contributed by atoms with Gasteiger partial charge in [-0.2, -0.15) is 0 Å². The Morgan fingerprint density at radius 1 is 1.11 bits per heavy atom. The largest absolute Gasteiger partial charge is 0.478 e. The molecule has 1 rings (SSSR count). The van der Waals surface area contributed by atoms with Crippen molar-refractivity contribution in [1.29, 1.82) is 0 Å². The van der Waals surface area contributed by atoms with Crippen LogP contribution in [0.25, 0.3) is 0 Å². The molecular weight excluding hydrogens is 320 g/mol. The second-order valence-electron chi connectivity index (χ2n) is 3.58. The summed E-state index contributed by atoms with van der Waals surface area (Å²) in [6, 6.07) is 2.50. The highest BCUT2D eigenvalue weighted by atomic mass is 79.9. The number of rotatable bonds is 4. The van der Waals surface area contributed by atoms with Gasteiger partial charge in [0.2, 0.25) is 0 Å². The number of ether oxygens (including phenoxy) is 2. The normalized spacial score (nSPS) is 9.84. The van der Waals surface area contributed by atoms with Crippen LogP contribution in [0.2, 0.25) is 0 Å².